The standard InChI is InChI=1S/C24H28N6O5S2/c1-4-29-22(20(13-14-36-3)26-23(32)16-5-11-19(35-2)12-6-16)27-28-24(29)37-15-21(31)25-17-7-9-18(10-8-17)30(33)34/h5-12,20H,4,13-15H2,1-3H3,(H,25,31)(H,26,32)/t20-/m0/s1. The smallest absolute Gasteiger partial charge is 0.269 e. The van der Waals surface area contributed by atoms with Crippen molar-refractivity contribution in [1.82, 2.24) is 20.1 Å². The van der Waals surface area contributed by atoms with Gasteiger partial charge in [0.25, 0.3) is 11.6 Å². The van der Waals surface area contributed by atoms with E-state index in [9.17, 15) is 19.7 Å². The van der Waals surface area contributed by atoms with Gasteiger partial charge in [-0.15, -0.1) is 10.2 Å². The molecule has 0 saturated heterocycles. The molecule has 0 aliphatic heterocycles. The summed E-state index contributed by atoms with van der Waals surface area (Å²) in [6, 6.07) is 12.1. The van der Waals surface area contributed by atoms with Crippen LogP contribution < -0.4 is 15.4 Å². The number of aromatic nitrogens is 3. The second kappa shape index (κ2) is 13.7. The van der Waals surface area contributed by atoms with Gasteiger partial charge in [-0.3, -0.25) is 19.7 Å². The summed E-state index contributed by atoms with van der Waals surface area (Å²) in [7, 11) is 1.57. The third kappa shape index (κ3) is 7.70. The van der Waals surface area contributed by atoms with Gasteiger partial charge < -0.3 is 19.9 Å². The zero-order valence-corrected chi connectivity index (χ0v) is 22.3. The molecule has 1 heterocycles. The Hall–Kier alpha value is -3.58. The van der Waals surface area contributed by atoms with Crippen LogP contribution in [-0.4, -0.2) is 56.4 Å². The Morgan fingerprint density at radius 1 is 1.14 bits per heavy atom. The quantitative estimate of drug-likeness (QED) is 0.184. The van der Waals surface area contributed by atoms with Crippen LogP contribution in [0, 0.1) is 10.1 Å². The lowest BCUT2D eigenvalue weighted by Crippen LogP contribution is -2.31. The van der Waals surface area contributed by atoms with Crippen LogP contribution in [0.15, 0.2) is 53.7 Å². The second-order valence-electron chi connectivity index (χ2n) is 7.76. The van der Waals surface area contributed by atoms with Crippen molar-refractivity contribution < 1.29 is 19.2 Å². The number of hydrogen-bond acceptors (Lipinski definition) is 9. The van der Waals surface area contributed by atoms with E-state index < -0.39 is 4.92 Å². The molecule has 1 aromatic heterocycles. The number of nitro groups is 1. The number of anilines is 1. The van der Waals surface area contributed by atoms with Crippen LogP contribution in [0.2, 0.25) is 0 Å². The van der Waals surface area contributed by atoms with Crippen LogP contribution in [0.4, 0.5) is 11.4 Å². The summed E-state index contributed by atoms with van der Waals surface area (Å²) in [4.78, 5) is 35.7. The van der Waals surface area contributed by atoms with Gasteiger partial charge in [-0.25, -0.2) is 0 Å². The molecule has 13 heteroatoms. The van der Waals surface area contributed by atoms with Crippen LogP contribution in [0.1, 0.15) is 35.6 Å². The first-order valence-electron chi connectivity index (χ1n) is 11.4. The van der Waals surface area contributed by atoms with Crippen LogP contribution >= 0.6 is 23.5 Å². The van der Waals surface area contributed by atoms with Gasteiger partial charge >= 0.3 is 0 Å². The van der Waals surface area contributed by atoms with Crippen molar-refractivity contribution in [2.75, 3.05) is 30.2 Å². The lowest BCUT2D eigenvalue weighted by molar-refractivity contribution is -0.384. The molecule has 0 bridgehead atoms. The van der Waals surface area contributed by atoms with Gasteiger partial charge in [-0.1, -0.05) is 11.8 Å². The van der Waals surface area contributed by atoms with E-state index in [2.05, 4.69) is 20.8 Å². The minimum absolute atomic E-state index is 0.0499. The number of amides is 2. The largest absolute Gasteiger partial charge is 0.497 e. The number of rotatable bonds is 13. The maximum atomic E-state index is 12.9. The van der Waals surface area contributed by atoms with Gasteiger partial charge in [-0.2, -0.15) is 11.8 Å². The third-order valence-corrected chi connectivity index (χ3v) is 6.95. The number of nitrogens with one attached hydrogen (secondary N) is 2. The van der Waals surface area contributed by atoms with E-state index in [1.807, 2.05) is 17.7 Å². The highest BCUT2D eigenvalue weighted by Crippen LogP contribution is 2.24. The second-order valence-corrected chi connectivity index (χ2v) is 9.69. The van der Waals surface area contributed by atoms with E-state index in [0.29, 0.717) is 40.9 Å². The Labute approximate surface area is 222 Å². The van der Waals surface area contributed by atoms with Crippen molar-refractivity contribution >= 4 is 46.7 Å². The van der Waals surface area contributed by atoms with Gasteiger partial charge in [-0.05, 0) is 61.8 Å². The molecule has 2 N–H and O–H groups in total. The van der Waals surface area contributed by atoms with Crippen molar-refractivity contribution in [3.05, 3.63) is 70.0 Å². The summed E-state index contributed by atoms with van der Waals surface area (Å²) in [5, 5.41) is 25.8. The van der Waals surface area contributed by atoms with Crippen molar-refractivity contribution in [2.24, 2.45) is 0 Å². The first kappa shape index (κ1) is 28.0. The van der Waals surface area contributed by atoms with Gasteiger partial charge in [0.05, 0.1) is 23.8 Å². The highest BCUT2D eigenvalue weighted by Gasteiger charge is 2.23. The van der Waals surface area contributed by atoms with E-state index in [1.165, 1.54) is 36.0 Å². The lowest BCUT2D eigenvalue weighted by atomic mass is 10.1. The van der Waals surface area contributed by atoms with Crippen molar-refractivity contribution in [1.29, 1.82) is 0 Å². The van der Waals surface area contributed by atoms with Crippen LogP contribution in [-0.2, 0) is 11.3 Å². The Kier molecular flexibility index (Phi) is 10.3. The van der Waals surface area contributed by atoms with Crippen LogP contribution in [0.25, 0.3) is 0 Å². The number of hydrogen-bond donors (Lipinski definition) is 2. The molecule has 0 aliphatic rings. The van der Waals surface area contributed by atoms with Gasteiger partial charge in [0.2, 0.25) is 5.91 Å². The molecule has 196 valence electrons. The summed E-state index contributed by atoms with van der Waals surface area (Å²) in [6.45, 7) is 2.51. The number of nitrogens with zero attached hydrogens (tertiary/aromatic N) is 4. The minimum atomic E-state index is -0.498. The number of carbonyl (C=O) groups is 2. The Morgan fingerprint density at radius 3 is 2.43 bits per heavy atom. The molecule has 2 aromatic carbocycles. The molecule has 37 heavy (non-hydrogen) atoms. The maximum Gasteiger partial charge on any atom is 0.269 e. The number of ether oxygens (including phenoxy) is 1. The first-order chi connectivity index (χ1) is 17.9. The van der Waals surface area contributed by atoms with E-state index in [0.717, 1.165) is 5.75 Å². The van der Waals surface area contributed by atoms with Gasteiger partial charge in [0.1, 0.15) is 5.75 Å². The monoisotopic (exact) mass is 544 g/mol. The van der Waals surface area contributed by atoms with E-state index >= 15 is 0 Å². The van der Waals surface area contributed by atoms with Crippen molar-refractivity contribution in [2.45, 2.75) is 31.1 Å². The Balaban J connectivity index is 1.68. The zero-order valence-electron chi connectivity index (χ0n) is 20.7. The summed E-state index contributed by atoms with van der Waals surface area (Å²) in [5.74, 6) is 1.67. The molecular formula is C24H28N6O5S2. The fraction of sp³-hybridized carbons (Fsp3) is 0.333. The normalized spacial score (nSPS) is 11.5. The molecule has 3 rings (SSSR count). The molecule has 0 radical (unpaired) electrons. The number of carbonyl (C=O) groups excluding carboxylic acids is 2. The molecule has 11 nitrogen and oxygen atoms in total. The molecule has 1 atom stereocenters. The zero-order chi connectivity index (χ0) is 26.8. The third-order valence-electron chi connectivity index (χ3n) is 5.34. The highest BCUT2D eigenvalue weighted by molar-refractivity contribution is 7.99. The predicted molar refractivity (Wildman–Crippen MR) is 144 cm³/mol. The summed E-state index contributed by atoms with van der Waals surface area (Å²) < 4.78 is 7.05. The lowest BCUT2D eigenvalue weighted by Gasteiger charge is -2.19. The molecule has 0 saturated carbocycles. The number of non-ortho nitro benzene ring substituents is 1. The minimum Gasteiger partial charge on any atom is -0.497 e. The van der Waals surface area contributed by atoms with Crippen LogP contribution in [0.3, 0.4) is 0 Å². The fourth-order valence-corrected chi connectivity index (χ4v) is 4.72. The van der Waals surface area contributed by atoms with Gasteiger partial charge in [0.15, 0.2) is 11.0 Å². The number of thioether (sulfide) groups is 2. The number of nitro benzene ring substituents is 1. The Bertz CT molecular complexity index is 1220. The summed E-state index contributed by atoms with van der Waals surface area (Å²) >= 11 is 2.90. The molecule has 2 amide bonds. The number of methoxy groups -OCH3 is 1. The molecular weight excluding hydrogens is 516 g/mol. The van der Waals surface area contributed by atoms with E-state index in [1.54, 1.807) is 43.1 Å². The highest BCUT2D eigenvalue weighted by atomic mass is 32.2. The molecule has 0 aliphatic carbocycles. The maximum absolute atomic E-state index is 12.9. The van der Waals surface area contributed by atoms with Crippen molar-refractivity contribution in [3.63, 3.8) is 0 Å². The summed E-state index contributed by atoms with van der Waals surface area (Å²) in [6.07, 6.45) is 2.66. The van der Waals surface area contributed by atoms with Crippen LogP contribution in [0.5, 0.6) is 5.75 Å². The summed E-state index contributed by atoms with van der Waals surface area (Å²) in [5.41, 5.74) is 0.924. The van der Waals surface area contributed by atoms with Crippen molar-refractivity contribution in [3.8, 4) is 5.75 Å². The van der Waals surface area contributed by atoms with E-state index in [4.69, 9.17) is 4.74 Å². The Morgan fingerprint density at radius 2 is 1.84 bits per heavy atom. The van der Waals surface area contributed by atoms with E-state index in [-0.39, 0.29) is 29.3 Å². The predicted octanol–water partition coefficient (Wildman–Crippen LogP) is 4.17. The topological polar surface area (TPSA) is 141 Å². The molecule has 0 fully saturated rings. The SMILES string of the molecule is CCn1c(SCC(=O)Nc2ccc([N+](=O)[O-])cc2)nnc1[C@H](CCSC)NC(=O)c1ccc(OC)cc1. The fourth-order valence-electron chi connectivity index (χ4n) is 3.44. The molecule has 0 spiro atoms. The molecule has 0 unspecified atom stereocenters. The average Bonchev–Trinajstić information content (AvgIpc) is 3.32. The molecule has 3 aromatic rings. The average molecular weight is 545 g/mol. The van der Waals surface area contributed by atoms with Gasteiger partial charge in [0, 0.05) is 29.9 Å². The first-order valence-corrected chi connectivity index (χ1v) is 13.8. The number of benzene rings is 2.